The molecule has 0 unspecified atom stereocenters. The molecule has 3 aromatic carbocycles. The van der Waals surface area contributed by atoms with Crippen molar-refractivity contribution < 1.29 is 14.0 Å². The monoisotopic (exact) mass is 471 g/mol. The van der Waals surface area contributed by atoms with Gasteiger partial charge in [-0.3, -0.25) is 9.59 Å². The maximum Gasteiger partial charge on any atom is 0.253 e. The summed E-state index contributed by atoms with van der Waals surface area (Å²) in [7, 11) is 0. The van der Waals surface area contributed by atoms with Crippen LogP contribution in [0, 0.1) is 5.82 Å². The Morgan fingerprint density at radius 1 is 0.800 bits per heavy atom. The first kappa shape index (κ1) is 23.1. The lowest BCUT2D eigenvalue weighted by atomic mass is 9.87. The number of aryl methyl sites for hydroxylation is 1. The van der Waals surface area contributed by atoms with Crippen LogP contribution < -0.4 is 15.5 Å². The average Bonchev–Trinajstić information content (AvgIpc) is 2.90. The molecule has 0 aromatic heterocycles. The number of anilines is 1. The lowest BCUT2D eigenvalue weighted by Gasteiger charge is -2.35. The van der Waals surface area contributed by atoms with E-state index in [0.717, 1.165) is 50.9 Å². The Morgan fingerprint density at radius 3 is 2.31 bits per heavy atom. The highest BCUT2D eigenvalue weighted by atomic mass is 19.1. The van der Waals surface area contributed by atoms with Gasteiger partial charge in [0.05, 0.1) is 11.6 Å². The summed E-state index contributed by atoms with van der Waals surface area (Å²) < 4.78 is 13.1. The maximum atomic E-state index is 13.4. The quantitative estimate of drug-likeness (QED) is 0.549. The maximum absolute atomic E-state index is 13.4. The first-order valence-corrected chi connectivity index (χ1v) is 12.4. The van der Waals surface area contributed by atoms with Crippen LogP contribution in [0.4, 0.5) is 10.1 Å². The average molecular weight is 472 g/mol. The number of piperidine rings is 1. The van der Waals surface area contributed by atoms with Crippen LogP contribution in [-0.4, -0.2) is 30.9 Å². The number of benzene rings is 3. The molecule has 35 heavy (non-hydrogen) atoms. The summed E-state index contributed by atoms with van der Waals surface area (Å²) in [5.74, 6) is -0.588. The number of nitrogens with one attached hydrogen (secondary N) is 2. The van der Waals surface area contributed by atoms with Crippen LogP contribution in [0.15, 0.2) is 72.8 Å². The molecule has 0 saturated carbocycles. The minimum atomic E-state index is -0.356. The number of rotatable bonds is 5. The van der Waals surface area contributed by atoms with Crippen LogP contribution in [0.3, 0.4) is 0 Å². The van der Waals surface area contributed by atoms with Crippen LogP contribution in [0.2, 0.25) is 0 Å². The molecule has 1 aliphatic carbocycles. The van der Waals surface area contributed by atoms with Crippen molar-refractivity contribution in [2.75, 3.05) is 18.0 Å². The molecular weight excluding hydrogens is 441 g/mol. The number of hydrogen-bond donors (Lipinski definition) is 2. The van der Waals surface area contributed by atoms with Crippen molar-refractivity contribution in [2.24, 2.45) is 0 Å². The van der Waals surface area contributed by atoms with Crippen LogP contribution in [0.25, 0.3) is 0 Å². The fourth-order valence-corrected chi connectivity index (χ4v) is 5.22. The van der Waals surface area contributed by atoms with E-state index < -0.39 is 0 Å². The standard InChI is InChI=1S/C29H30FN3O2/c30-22-14-12-21(13-15-22)28(34)31-23-16-18-33(19-17-23)27-11-4-3-9-25(27)29(35)32-26-10-5-7-20-6-1-2-8-24(20)26/h1-4,6,8-9,11-15,23,26H,5,7,10,16-19H2,(H,31,34)(H,32,35)/t26-/m0/s1. The molecule has 3 aromatic rings. The van der Waals surface area contributed by atoms with Crippen molar-refractivity contribution >= 4 is 17.5 Å². The molecular formula is C29H30FN3O2. The van der Waals surface area contributed by atoms with Crippen LogP contribution >= 0.6 is 0 Å². The third-order valence-corrected chi connectivity index (χ3v) is 7.10. The minimum Gasteiger partial charge on any atom is -0.371 e. The smallest absolute Gasteiger partial charge is 0.253 e. The number of nitrogens with zero attached hydrogens (tertiary/aromatic N) is 1. The van der Waals surface area contributed by atoms with Crippen molar-refractivity contribution in [1.29, 1.82) is 0 Å². The second-order valence-electron chi connectivity index (χ2n) is 9.38. The van der Waals surface area contributed by atoms with Crippen molar-refractivity contribution in [2.45, 2.75) is 44.2 Å². The molecule has 180 valence electrons. The van der Waals surface area contributed by atoms with Crippen LogP contribution in [0.5, 0.6) is 0 Å². The lowest BCUT2D eigenvalue weighted by Crippen LogP contribution is -2.45. The Balaban J connectivity index is 1.22. The molecule has 1 aliphatic heterocycles. The summed E-state index contributed by atoms with van der Waals surface area (Å²) in [5.41, 5.74) is 4.62. The summed E-state index contributed by atoms with van der Waals surface area (Å²) in [4.78, 5) is 28.1. The van der Waals surface area contributed by atoms with E-state index in [1.807, 2.05) is 30.3 Å². The highest BCUT2D eigenvalue weighted by Crippen LogP contribution is 2.31. The van der Waals surface area contributed by atoms with Crippen molar-refractivity contribution in [3.8, 4) is 0 Å². The second kappa shape index (κ2) is 10.3. The molecule has 5 rings (SSSR count). The molecule has 0 bridgehead atoms. The Hall–Kier alpha value is -3.67. The van der Waals surface area contributed by atoms with E-state index >= 15 is 0 Å². The normalized spacial score (nSPS) is 18.0. The molecule has 1 saturated heterocycles. The molecule has 2 aliphatic rings. The molecule has 1 fully saturated rings. The summed E-state index contributed by atoms with van der Waals surface area (Å²) >= 11 is 0. The van der Waals surface area contributed by atoms with E-state index in [1.165, 1.54) is 35.4 Å². The number of amides is 2. The molecule has 2 N–H and O–H groups in total. The predicted octanol–water partition coefficient (Wildman–Crippen LogP) is 5.03. The number of halogens is 1. The van der Waals surface area contributed by atoms with Crippen molar-refractivity contribution in [3.05, 3.63) is 101 Å². The topological polar surface area (TPSA) is 61.4 Å². The van der Waals surface area contributed by atoms with E-state index in [9.17, 15) is 14.0 Å². The first-order valence-electron chi connectivity index (χ1n) is 12.4. The van der Waals surface area contributed by atoms with Gasteiger partial charge >= 0.3 is 0 Å². The number of carbonyl (C=O) groups excluding carboxylic acids is 2. The number of fused-ring (bicyclic) bond motifs is 1. The molecule has 1 heterocycles. The molecule has 1 atom stereocenters. The fourth-order valence-electron chi connectivity index (χ4n) is 5.22. The van der Waals surface area contributed by atoms with Gasteiger partial charge in [0, 0.05) is 30.4 Å². The Morgan fingerprint density at radius 2 is 1.51 bits per heavy atom. The summed E-state index contributed by atoms with van der Waals surface area (Å²) in [6, 6.07) is 21.8. The minimum absolute atomic E-state index is 0.0351. The number of carbonyl (C=O) groups is 2. The van der Waals surface area contributed by atoms with E-state index in [1.54, 1.807) is 0 Å². The Labute approximate surface area is 205 Å². The van der Waals surface area contributed by atoms with Gasteiger partial charge in [-0.1, -0.05) is 36.4 Å². The van der Waals surface area contributed by atoms with Gasteiger partial charge < -0.3 is 15.5 Å². The number of hydrogen-bond acceptors (Lipinski definition) is 3. The van der Waals surface area contributed by atoms with E-state index in [4.69, 9.17) is 0 Å². The second-order valence-corrected chi connectivity index (χ2v) is 9.38. The van der Waals surface area contributed by atoms with E-state index in [-0.39, 0.29) is 29.7 Å². The fraction of sp³-hybridized carbons (Fsp3) is 0.310. The highest BCUT2D eigenvalue weighted by molar-refractivity contribution is 6.00. The first-order chi connectivity index (χ1) is 17.1. The van der Waals surface area contributed by atoms with Gasteiger partial charge in [-0.05, 0) is 79.6 Å². The lowest BCUT2D eigenvalue weighted by molar-refractivity contribution is 0.0926. The van der Waals surface area contributed by atoms with E-state index in [0.29, 0.717) is 11.1 Å². The molecule has 0 spiro atoms. The van der Waals surface area contributed by atoms with Gasteiger partial charge in [-0.2, -0.15) is 0 Å². The van der Waals surface area contributed by atoms with Gasteiger partial charge in [0.2, 0.25) is 0 Å². The Kier molecular flexibility index (Phi) is 6.80. The summed E-state index contributed by atoms with van der Waals surface area (Å²) in [6.45, 7) is 1.48. The molecule has 0 radical (unpaired) electrons. The summed E-state index contributed by atoms with van der Waals surface area (Å²) in [6.07, 6.45) is 4.63. The van der Waals surface area contributed by atoms with E-state index in [2.05, 4.69) is 33.7 Å². The van der Waals surface area contributed by atoms with Gasteiger partial charge in [-0.25, -0.2) is 4.39 Å². The zero-order valence-electron chi connectivity index (χ0n) is 19.7. The predicted molar refractivity (Wildman–Crippen MR) is 135 cm³/mol. The van der Waals surface area contributed by atoms with Crippen molar-refractivity contribution in [1.82, 2.24) is 10.6 Å². The largest absolute Gasteiger partial charge is 0.371 e. The van der Waals surface area contributed by atoms with Gasteiger partial charge in [-0.15, -0.1) is 0 Å². The highest BCUT2D eigenvalue weighted by Gasteiger charge is 2.26. The molecule has 6 heteroatoms. The zero-order chi connectivity index (χ0) is 24.2. The third-order valence-electron chi connectivity index (χ3n) is 7.10. The van der Waals surface area contributed by atoms with Crippen LogP contribution in [-0.2, 0) is 6.42 Å². The molecule has 2 amide bonds. The van der Waals surface area contributed by atoms with Gasteiger partial charge in [0.15, 0.2) is 0 Å². The zero-order valence-corrected chi connectivity index (χ0v) is 19.7. The van der Waals surface area contributed by atoms with Crippen molar-refractivity contribution in [3.63, 3.8) is 0 Å². The van der Waals surface area contributed by atoms with Gasteiger partial charge in [0.1, 0.15) is 5.82 Å². The third kappa shape index (κ3) is 5.21. The molecule has 5 nitrogen and oxygen atoms in total. The SMILES string of the molecule is O=C(NC1CCN(c2ccccc2C(=O)N[C@H]2CCCc3ccccc32)CC1)c1ccc(F)cc1. The van der Waals surface area contributed by atoms with Gasteiger partial charge in [0.25, 0.3) is 11.8 Å². The number of para-hydroxylation sites is 1. The Bertz CT molecular complexity index is 1200. The van der Waals surface area contributed by atoms with Crippen LogP contribution in [0.1, 0.15) is 63.6 Å². The summed E-state index contributed by atoms with van der Waals surface area (Å²) in [5, 5.41) is 6.34.